The molecule has 0 atom stereocenters. The largest absolute Gasteiger partial charge is 0.299 e. The summed E-state index contributed by atoms with van der Waals surface area (Å²) in [6.45, 7) is 5.50. The number of rotatable bonds is 9. The quantitative estimate of drug-likeness (QED) is 0.526. The Bertz CT molecular complexity index is 514. The molecule has 0 saturated carbocycles. The number of hydrogen-bond donors (Lipinski definition) is 0. The molecule has 0 aliphatic heterocycles. The number of nitrogens with zero attached hydrogens (tertiary/aromatic N) is 5. The summed E-state index contributed by atoms with van der Waals surface area (Å²) < 4.78 is 1.72. The molecule has 114 valence electrons. The zero-order valence-electron chi connectivity index (χ0n) is 12.8. The molecule has 0 saturated heterocycles. The minimum Gasteiger partial charge on any atom is -0.299 e. The Hall–Kier alpha value is -1.40. The zero-order chi connectivity index (χ0) is 14.9. The molecule has 0 aliphatic carbocycles. The highest BCUT2D eigenvalue weighted by Gasteiger charge is 2.05. The van der Waals surface area contributed by atoms with Gasteiger partial charge in [-0.1, -0.05) is 49.0 Å². The Kier molecular flexibility index (Phi) is 6.69. The Morgan fingerprint density at radius 1 is 1.19 bits per heavy atom. The van der Waals surface area contributed by atoms with Crippen LogP contribution in [0.5, 0.6) is 0 Å². The van der Waals surface area contributed by atoms with E-state index < -0.39 is 0 Å². The summed E-state index contributed by atoms with van der Waals surface area (Å²) in [5.41, 5.74) is 1.39. The van der Waals surface area contributed by atoms with Crippen LogP contribution in [0.3, 0.4) is 0 Å². The molecule has 2 aromatic rings. The van der Waals surface area contributed by atoms with Gasteiger partial charge in [-0.2, -0.15) is 0 Å². The second kappa shape index (κ2) is 8.79. The van der Waals surface area contributed by atoms with Crippen molar-refractivity contribution in [3.8, 4) is 0 Å². The highest BCUT2D eigenvalue weighted by Crippen LogP contribution is 2.14. The van der Waals surface area contributed by atoms with E-state index in [9.17, 15) is 0 Å². The average Bonchev–Trinajstić information content (AvgIpc) is 2.92. The number of thioether (sulfide) groups is 1. The normalized spacial score (nSPS) is 11.2. The van der Waals surface area contributed by atoms with Crippen molar-refractivity contribution in [3.63, 3.8) is 0 Å². The van der Waals surface area contributed by atoms with Gasteiger partial charge in [-0.25, -0.2) is 4.68 Å². The summed E-state index contributed by atoms with van der Waals surface area (Å²) in [5, 5.41) is 12.3. The molecule has 6 heteroatoms. The minimum absolute atomic E-state index is 0.895. The standard InChI is InChI=1S/C15H23N5S/c1-3-20(13-14-9-5-4-6-10-14)11-7-8-12-21-15-16-17-18-19(15)2/h4-6,9-10H,3,7-8,11-13H2,1-2H3. The van der Waals surface area contributed by atoms with E-state index in [1.807, 2.05) is 7.05 Å². The van der Waals surface area contributed by atoms with Gasteiger partial charge in [0.05, 0.1) is 0 Å². The molecule has 1 aromatic carbocycles. The molecule has 0 spiro atoms. The summed E-state index contributed by atoms with van der Waals surface area (Å²) in [6, 6.07) is 10.7. The van der Waals surface area contributed by atoms with Crippen LogP contribution in [0.15, 0.2) is 35.5 Å². The fraction of sp³-hybridized carbons (Fsp3) is 0.533. The molecule has 2 rings (SSSR count). The Balaban J connectivity index is 1.63. The SMILES string of the molecule is CCN(CCCCSc1nnnn1C)Cc1ccccc1. The third-order valence-corrected chi connectivity index (χ3v) is 4.47. The van der Waals surface area contributed by atoms with Gasteiger partial charge in [0.2, 0.25) is 5.16 Å². The maximum atomic E-state index is 3.97. The predicted octanol–water partition coefficient (Wildman–Crippen LogP) is 2.60. The van der Waals surface area contributed by atoms with E-state index in [4.69, 9.17) is 0 Å². The summed E-state index contributed by atoms with van der Waals surface area (Å²) in [4.78, 5) is 2.49. The molecule has 21 heavy (non-hydrogen) atoms. The summed E-state index contributed by atoms with van der Waals surface area (Å²) in [5.74, 6) is 1.07. The van der Waals surface area contributed by atoms with Gasteiger partial charge in [0.25, 0.3) is 0 Å². The fourth-order valence-corrected chi connectivity index (χ4v) is 2.98. The van der Waals surface area contributed by atoms with Crippen LogP contribution < -0.4 is 0 Å². The van der Waals surface area contributed by atoms with Gasteiger partial charge in [0.15, 0.2) is 0 Å². The van der Waals surface area contributed by atoms with Crippen molar-refractivity contribution in [2.45, 2.75) is 31.5 Å². The lowest BCUT2D eigenvalue weighted by atomic mass is 10.2. The van der Waals surface area contributed by atoms with Crippen LogP contribution in [0, 0.1) is 0 Å². The lowest BCUT2D eigenvalue weighted by molar-refractivity contribution is 0.275. The molecule has 0 bridgehead atoms. The van der Waals surface area contributed by atoms with Crippen LogP contribution >= 0.6 is 11.8 Å². The topological polar surface area (TPSA) is 46.8 Å². The second-order valence-corrected chi connectivity index (χ2v) is 6.06. The van der Waals surface area contributed by atoms with Gasteiger partial charge in [0, 0.05) is 19.3 Å². The maximum Gasteiger partial charge on any atom is 0.209 e. The molecule has 1 aromatic heterocycles. The smallest absolute Gasteiger partial charge is 0.209 e. The van der Waals surface area contributed by atoms with Gasteiger partial charge in [-0.15, -0.1) is 5.10 Å². The molecule has 1 heterocycles. The van der Waals surface area contributed by atoms with Crippen molar-refractivity contribution in [3.05, 3.63) is 35.9 Å². The van der Waals surface area contributed by atoms with Crippen molar-refractivity contribution in [2.75, 3.05) is 18.8 Å². The highest BCUT2D eigenvalue weighted by molar-refractivity contribution is 7.99. The first-order chi connectivity index (χ1) is 10.3. The molecule has 0 radical (unpaired) electrons. The average molecular weight is 305 g/mol. The van der Waals surface area contributed by atoms with Crippen molar-refractivity contribution >= 4 is 11.8 Å². The van der Waals surface area contributed by atoms with Gasteiger partial charge < -0.3 is 0 Å². The third-order valence-electron chi connectivity index (χ3n) is 3.38. The van der Waals surface area contributed by atoms with Crippen LogP contribution in [0.2, 0.25) is 0 Å². The summed E-state index contributed by atoms with van der Waals surface area (Å²) in [6.07, 6.45) is 2.39. The van der Waals surface area contributed by atoms with Crippen molar-refractivity contribution in [1.29, 1.82) is 0 Å². The van der Waals surface area contributed by atoms with E-state index in [2.05, 4.69) is 57.7 Å². The minimum atomic E-state index is 0.895. The van der Waals surface area contributed by atoms with Gasteiger partial charge in [0.1, 0.15) is 0 Å². The molecule has 0 unspecified atom stereocenters. The maximum absolute atomic E-state index is 3.97. The van der Waals surface area contributed by atoms with E-state index >= 15 is 0 Å². The first-order valence-electron chi connectivity index (χ1n) is 7.41. The van der Waals surface area contributed by atoms with E-state index in [1.165, 1.54) is 18.4 Å². The zero-order valence-corrected chi connectivity index (χ0v) is 13.6. The second-order valence-electron chi connectivity index (χ2n) is 5.00. The third kappa shape index (κ3) is 5.47. The van der Waals surface area contributed by atoms with Crippen LogP contribution in [-0.4, -0.2) is 43.9 Å². The number of unbranched alkanes of at least 4 members (excludes halogenated alkanes) is 1. The monoisotopic (exact) mass is 305 g/mol. The number of benzene rings is 1. The van der Waals surface area contributed by atoms with Crippen molar-refractivity contribution < 1.29 is 0 Å². The lowest BCUT2D eigenvalue weighted by Crippen LogP contribution is -2.24. The Morgan fingerprint density at radius 2 is 2.00 bits per heavy atom. The highest BCUT2D eigenvalue weighted by atomic mass is 32.2. The van der Waals surface area contributed by atoms with Crippen LogP contribution in [0.1, 0.15) is 25.3 Å². The number of aryl methyl sites for hydroxylation is 1. The first kappa shape index (κ1) is 16.0. The molecular formula is C15H23N5S. The van der Waals surface area contributed by atoms with Gasteiger partial charge in [-0.05, 0) is 41.9 Å². The van der Waals surface area contributed by atoms with Gasteiger partial charge in [-0.3, -0.25) is 4.90 Å². The molecule has 5 nitrogen and oxygen atoms in total. The van der Waals surface area contributed by atoms with E-state index in [-0.39, 0.29) is 0 Å². The first-order valence-corrected chi connectivity index (χ1v) is 8.39. The molecular weight excluding hydrogens is 282 g/mol. The molecule has 0 fully saturated rings. The molecule has 0 amide bonds. The summed E-state index contributed by atoms with van der Waals surface area (Å²) in [7, 11) is 1.88. The fourth-order valence-electron chi connectivity index (χ4n) is 2.14. The molecule has 0 aliphatic rings. The van der Waals surface area contributed by atoms with E-state index in [1.54, 1.807) is 16.4 Å². The number of hydrogen-bond acceptors (Lipinski definition) is 5. The lowest BCUT2D eigenvalue weighted by Gasteiger charge is -2.20. The molecule has 0 N–H and O–H groups in total. The van der Waals surface area contributed by atoms with Crippen LogP contribution in [0.25, 0.3) is 0 Å². The van der Waals surface area contributed by atoms with Crippen molar-refractivity contribution in [2.24, 2.45) is 7.05 Å². The predicted molar refractivity (Wildman–Crippen MR) is 86.1 cm³/mol. The van der Waals surface area contributed by atoms with Crippen LogP contribution in [-0.2, 0) is 13.6 Å². The number of aromatic nitrogens is 4. The summed E-state index contributed by atoms with van der Waals surface area (Å²) >= 11 is 1.73. The van der Waals surface area contributed by atoms with Gasteiger partial charge >= 0.3 is 0 Å². The Morgan fingerprint density at radius 3 is 2.67 bits per heavy atom. The van der Waals surface area contributed by atoms with Crippen LogP contribution in [0.4, 0.5) is 0 Å². The van der Waals surface area contributed by atoms with Crippen molar-refractivity contribution in [1.82, 2.24) is 25.1 Å². The van der Waals surface area contributed by atoms with E-state index in [0.717, 1.165) is 30.5 Å². The van der Waals surface area contributed by atoms with E-state index in [0.29, 0.717) is 0 Å². The number of tetrazole rings is 1. The Labute approximate surface area is 130 Å².